The second kappa shape index (κ2) is 8.00. The maximum Gasteiger partial charge on any atom is 0.255 e. The second-order valence-corrected chi connectivity index (χ2v) is 6.38. The molecule has 142 valence electrons. The number of hydrogen-bond donors (Lipinski definition) is 2. The number of carbonyl (C=O) groups excluding carboxylic acids is 2. The average molecular weight is 380 g/mol. The van der Waals surface area contributed by atoms with E-state index in [9.17, 15) is 18.4 Å². The number of hydrogen-bond acceptors (Lipinski definition) is 2. The molecule has 6 heteroatoms. The van der Waals surface area contributed by atoms with Gasteiger partial charge in [0.1, 0.15) is 11.6 Å². The van der Waals surface area contributed by atoms with Crippen LogP contribution in [0.3, 0.4) is 0 Å². The lowest BCUT2D eigenvalue weighted by atomic mass is 10.1. The van der Waals surface area contributed by atoms with E-state index >= 15 is 0 Å². The van der Waals surface area contributed by atoms with Crippen LogP contribution in [0.4, 0.5) is 20.2 Å². The summed E-state index contributed by atoms with van der Waals surface area (Å²) in [4.78, 5) is 24.7. The Morgan fingerprint density at radius 2 is 1.29 bits per heavy atom. The third-order valence-electron chi connectivity index (χ3n) is 4.31. The molecule has 0 atom stereocenters. The third-order valence-corrected chi connectivity index (χ3v) is 4.31. The van der Waals surface area contributed by atoms with Gasteiger partial charge in [0.15, 0.2) is 0 Å². The first-order valence-electron chi connectivity index (χ1n) is 8.59. The number of aryl methyl sites for hydroxylation is 2. The Balaban J connectivity index is 1.72. The van der Waals surface area contributed by atoms with Crippen molar-refractivity contribution in [1.29, 1.82) is 0 Å². The Bertz CT molecular complexity index is 1030. The number of nitrogens with one attached hydrogen (secondary N) is 2. The quantitative estimate of drug-likeness (QED) is 0.663. The molecular weight excluding hydrogens is 362 g/mol. The van der Waals surface area contributed by atoms with Crippen LogP contribution in [0.25, 0.3) is 0 Å². The van der Waals surface area contributed by atoms with Crippen molar-refractivity contribution >= 4 is 23.2 Å². The molecule has 0 radical (unpaired) electrons. The summed E-state index contributed by atoms with van der Waals surface area (Å²) in [6.07, 6.45) is 0. The smallest absolute Gasteiger partial charge is 0.255 e. The Morgan fingerprint density at radius 1 is 0.750 bits per heavy atom. The molecule has 0 spiro atoms. The minimum absolute atomic E-state index is 0.122. The molecule has 0 saturated heterocycles. The zero-order valence-corrected chi connectivity index (χ0v) is 15.3. The van der Waals surface area contributed by atoms with Gasteiger partial charge in [-0.05, 0) is 61.4 Å². The minimum atomic E-state index is -0.863. The van der Waals surface area contributed by atoms with Crippen LogP contribution < -0.4 is 10.6 Å². The van der Waals surface area contributed by atoms with Crippen molar-refractivity contribution in [3.63, 3.8) is 0 Å². The molecule has 0 unspecified atom stereocenters. The molecule has 3 aromatic carbocycles. The van der Waals surface area contributed by atoms with Crippen LogP contribution in [0.5, 0.6) is 0 Å². The number of anilines is 2. The molecule has 0 heterocycles. The maximum atomic E-state index is 13.7. The highest BCUT2D eigenvalue weighted by atomic mass is 19.1. The van der Waals surface area contributed by atoms with Gasteiger partial charge < -0.3 is 10.6 Å². The van der Waals surface area contributed by atoms with E-state index in [1.807, 2.05) is 32.0 Å². The van der Waals surface area contributed by atoms with Gasteiger partial charge in [0.05, 0.1) is 5.69 Å². The van der Waals surface area contributed by atoms with Gasteiger partial charge in [-0.2, -0.15) is 0 Å². The number of rotatable bonds is 4. The van der Waals surface area contributed by atoms with Crippen LogP contribution in [0.2, 0.25) is 0 Å². The van der Waals surface area contributed by atoms with Crippen LogP contribution in [0.1, 0.15) is 31.8 Å². The van der Waals surface area contributed by atoms with Crippen LogP contribution in [0.15, 0.2) is 60.7 Å². The second-order valence-electron chi connectivity index (χ2n) is 6.38. The Kier molecular flexibility index (Phi) is 5.49. The highest BCUT2D eigenvalue weighted by Gasteiger charge is 2.13. The van der Waals surface area contributed by atoms with Crippen LogP contribution in [-0.2, 0) is 0 Å². The molecule has 4 nitrogen and oxygen atoms in total. The summed E-state index contributed by atoms with van der Waals surface area (Å²) < 4.78 is 26.6. The fourth-order valence-electron chi connectivity index (χ4n) is 2.76. The summed E-state index contributed by atoms with van der Waals surface area (Å²) in [6, 6.07) is 14.6. The molecule has 3 aromatic rings. The Labute approximate surface area is 161 Å². The first-order chi connectivity index (χ1) is 13.3. The molecule has 0 aliphatic carbocycles. The molecule has 2 N–H and O–H groups in total. The van der Waals surface area contributed by atoms with Gasteiger partial charge in [-0.1, -0.05) is 18.2 Å². The Morgan fingerprint density at radius 3 is 1.82 bits per heavy atom. The van der Waals surface area contributed by atoms with Crippen molar-refractivity contribution in [2.45, 2.75) is 13.8 Å². The highest BCUT2D eigenvalue weighted by molar-refractivity contribution is 6.07. The lowest BCUT2D eigenvalue weighted by Gasteiger charge is -2.12. The summed E-state index contributed by atoms with van der Waals surface area (Å²) in [7, 11) is 0. The van der Waals surface area contributed by atoms with E-state index < -0.39 is 17.5 Å². The largest absolute Gasteiger partial charge is 0.322 e. The van der Waals surface area contributed by atoms with Crippen LogP contribution >= 0.6 is 0 Å². The monoisotopic (exact) mass is 380 g/mol. The van der Waals surface area contributed by atoms with E-state index in [1.54, 1.807) is 0 Å². The van der Waals surface area contributed by atoms with Crippen LogP contribution in [0, 0.1) is 25.5 Å². The van der Waals surface area contributed by atoms with E-state index in [4.69, 9.17) is 0 Å². The molecule has 2 amide bonds. The van der Waals surface area contributed by atoms with Gasteiger partial charge in [-0.15, -0.1) is 0 Å². The number of benzene rings is 3. The van der Waals surface area contributed by atoms with Gasteiger partial charge in [-0.25, -0.2) is 8.78 Å². The first-order valence-corrected chi connectivity index (χ1v) is 8.59. The van der Waals surface area contributed by atoms with Gasteiger partial charge in [0, 0.05) is 22.9 Å². The van der Waals surface area contributed by atoms with E-state index in [2.05, 4.69) is 10.6 Å². The zero-order chi connectivity index (χ0) is 20.3. The van der Waals surface area contributed by atoms with E-state index in [0.29, 0.717) is 11.6 Å². The van der Waals surface area contributed by atoms with Crippen molar-refractivity contribution in [2.24, 2.45) is 0 Å². The number of carbonyl (C=O) groups is 2. The standard InChI is InChI=1S/C22H18F2N2O2/c1-13-4-3-5-14(2)20(13)26-22(28)16-8-6-15(7-9-16)21(27)25-19-11-10-17(23)12-18(19)24/h3-12H,1-2H3,(H,25,27)(H,26,28). The van der Waals surface area contributed by atoms with Gasteiger partial charge >= 0.3 is 0 Å². The van der Waals surface area contributed by atoms with Crippen molar-refractivity contribution in [3.8, 4) is 0 Å². The van der Waals surface area contributed by atoms with Crippen molar-refractivity contribution in [2.75, 3.05) is 10.6 Å². The summed E-state index contributed by atoms with van der Waals surface area (Å²) in [5, 5.41) is 5.25. The van der Waals surface area contributed by atoms with E-state index in [0.717, 1.165) is 28.9 Å². The number of halogens is 2. The predicted octanol–water partition coefficient (Wildman–Crippen LogP) is 5.09. The fraction of sp³-hybridized carbons (Fsp3) is 0.0909. The van der Waals surface area contributed by atoms with Gasteiger partial charge in [-0.3, -0.25) is 9.59 Å². The Hall–Kier alpha value is -3.54. The van der Waals surface area contributed by atoms with Crippen molar-refractivity contribution in [3.05, 3.63) is 94.6 Å². The zero-order valence-electron chi connectivity index (χ0n) is 15.3. The van der Waals surface area contributed by atoms with Crippen LogP contribution in [-0.4, -0.2) is 11.8 Å². The van der Waals surface area contributed by atoms with Crippen molar-refractivity contribution in [1.82, 2.24) is 0 Å². The minimum Gasteiger partial charge on any atom is -0.322 e. The summed E-state index contributed by atoms with van der Waals surface area (Å²) in [5.41, 5.74) is 3.15. The molecule has 0 bridgehead atoms. The predicted molar refractivity (Wildman–Crippen MR) is 105 cm³/mol. The summed E-state index contributed by atoms with van der Waals surface area (Å²) in [6.45, 7) is 3.81. The third kappa shape index (κ3) is 4.23. The summed E-state index contributed by atoms with van der Waals surface area (Å²) in [5.74, 6) is -2.45. The SMILES string of the molecule is Cc1cccc(C)c1NC(=O)c1ccc(C(=O)Nc2ccc(F)cc2F)cc1. The average Bonchev–Trinajstić information content (AvgIpc) is 2.67. The summed E-state index contributed by atoms with van der Waals surface area (Å²) >= 11 is 0. The molecule has 28 heavy (non-hydrogen) atoms. The number of amides is 2. The fourth-order valence-corrected chi connectivity index (χ4v) is 2.76. The molecule has 0 saturated carbocycles. The maximum absolute atomic E-state index is 13.7. The van der Waals surface area contributed by atoms with Crippen molar-refractivity contribution < 1.29 is 18.4 Å². The topological polar surface area (TPSA) is 58.2 Å². The number of para-hydroxylation sites is 1. The van der Waals surface area contributed by atoms with Gasteiger partial charge in [0.25, 0.3) is 11.8 Å². The molecular formula is C22H18F2N2O2. The normalized spacial score (nSPS) is 10.4. The van der Waals surface area contributed by atoms with E-state index in [1.165, 1.54) is 24.3 Å². The molecule has 3 rings (SSSR count). The van der Waals surface area contributed by atoms with Gasteiger partial charge in [0.2, 0.25) is 0 Å². The lowest BCUT2D eigenvalue weighted by Crippen LogP contribution is -2.15. The molecule has 0 aliphatic rings. The molecule has 0 aliphatic heterocycles. The first kappa shape index (κ1) is 19.2. The highest BCUT2D eigenvalue weighted by Crippen LogP contribution is 2.21. The lowest BCUT2D eigenvalue weighted by molar-refractivity contribution is 0.101. The molecule has 0 aromatic heterocycles. The van der Waals surface area contributed by atoms with E-state index in [-0.39, 0.29) is 17.2 Å². The molecule has 0 fully saturated rings.